The molecule has 2 heteroatoms. The topological polar surface area (TPSA) is 24.9 Å². The van der Waals surface area contributed by atoms with E-state index in [0.29, 0.717) is 5.92 Å². The van der Waals surface area contributed by atoms with E-state index in [0.717, 1.165) is 13.1 Å². The van der Waals surface area contributed by atoms with Gasteiger partial charge in [-0.2, -0.15) is 0 Å². The second-order valence-electron chi connectivity index (χ2n) is 5.10. The number of hydrogen-bond donors (Lipinski definition) is 1. The molecule has 1 aliphatic carbocycles. The van der Waals surface area contributed by atoms with Gasteiger partial charge in [0.1, 0.15) is 0 Å². The number of aromatic nitrogens is 1. The molecule has 1 N–H and O–H groups in total. The van der Waals surface area contributed by atoms with Crippen LogP contribution < -0.4 is 5.32 Å². The summed E-state index contributed by atoms with van der Waals surface area (Å²) in [7, 11) is 0. The molecule has 0 saturated heterocycles. The Morgan fingerprint density at radius 1 is 1.28 bits per heavy atom. The molecule has 0 saturated carbocycles. The van der Waals surface area contributed by atoms with E-state index in [2.05, 4.69) is 47.6 Å². The summed E-state index contributed by atoms with van der Waals surface area (Å²) < 4.78 is 0. The Morgan fingerprint density at radius 3 is 3.00 bits per heavy atom. The van der Waals surface area contributed by atoms with Crippen LogP contribution in [0.1, 0.15) is 28.2 Å². The Morgan fingerprint density at radius 2 is 2.17 bits per heavy atom. The highest BCUT2D eigenvalue weighted by molar-refractivity contribution is 5.40. The van der Waals surface area contributed by atoms with Crippen molar-refractivity contribution in [3.05, 3.63) is 65.0 Å². The maximum Gasteiger partial charge on any atom is 0.0313 e. The molecule has 1 aromatic carbocycles. The Kier molecular flexibility index (Phi) is 3.11. The Balaban J connectivity index is 1.52. The van der Waals surface area contributed by atoms with Gasteiger partial charge in [0.05, 0.1) is 0 Å². The van der Waals surface area contributed by atoms with Crippen molar-refractivity contribution in [2.75, 3.05) is 6.54 Å². The van der Waals surface area contributed by atoms with E-state index in [9.17, 15) is 0 Å². The van der Waals surface area contributed by atoms with Crippen molar-refractivity contribution >= 4 is 0 Å². The summed E-state index contributed by atoms with van der Waals surface area (Å²) in [6.07, 6.45) is 5.05. The van der Waals surface area contributed by atoms with Crippen LogP contribution >= 0.6 is 0 Å². The van der Waals surface area contributed by atoms with Crippen LogP contribution in [0.25, 0.3) is 0 Å². The molecule has 92 valence electrons. The molecule has 1 aliphatic rings. The number of fused-ring (bicyclic) bond motifs is 1. The molecule has 3 rings (SSSR count). The summed E-state index contributed by atoms with van der Waals surface area (Å²) in [6, 6.07) is 10.9. The molecule has 18 heavy (non-hydrogen) atoms. The van der Waals surface area contributed by atoms with Crippen molar-refractivity contribution in [3.63, 3.8) is 0 Å². The lowest BCUT2D eigenvalue weighted by Crippen LogP contribution is -2.28. The van der Waals surface area contributed by atoms with Gasteiger partial charge >= 0.3 is 0 Å². The zero-order valence-electron chi connectivity index (χ0n) is 10.7. The van der Waals surface area contributed by atoms with Gasteiger partial charge in [-0.05, 0) is 35.6 Å². The first-order chi connectivity index (χ1) is 8.83. The van der Waals surface area contributed by atoms with Gasteiger partial charge in [0.2, 0.25) is 0 Å². The van der Waals surface area contributed by atoms with E-state index in [1.54, 1.807) is 0 Å². The summed E-state index contributed by atoms with van der Waals surface area (Å²) in [5.74, 6) is 0.693. The quantitative estimate of drug-likeness (QED) is 0.886. The normalized spacial score (nSPS) is 17.1. The lowest BCUT2D eigenvalue weighted by Gasteiger charge is -2.30. The molecule has 1 atom stereocenters. The minimum atomic E-state index is 0.693. The van der Waals surface area contributed by atoms with E-state index in [1.807, 2.05) is 12.4 Å². The number of nitrogens with zero attached hydrogens (tertiary/aromatic N) is 1. The van der Waals surface area contributed by atoms with Gasteiger partial charge in [-0.1, -0.05) is 30.3 Å². The predicted molar refractivity (Wildman–Crippen MR) is 73.6 cm³/mol. The molecular weight excluding hydrogens is 220 g/mol. The first-order valence-electron chi connectivity index (χ1n) is 6.52. The van der Waals surface area contributed by atoms with Crippen molar-refractivity contribution in [3.8, 4) is 0 Å². The van der Waals surface area contributed by atoms with Gasteiger partial charge in [0.15, 0.2) is 0 Å². The van der Waals surface area contributed by atoms with Gasteiger partial charge in [0.25, 0.3) is 0 Å². The van der Waals surface area contributed by atoms with Crippen LogP contribution in [-0.2, 0) is 13.0 Å². The fraction of sp³-hybridized carbons (Fsp3) is 0.312. The Labute approximate surface area is 108 Å². The lowest BCUT2D eigenvalue weighted by molar-refractivity contribution is 0.535. The van der Waals surface area contributed by atoms with Crippen LogP contribution in [0.3, 0.4) is 0 Å². The van der Waals surface area contributed by atoms with Gasteiger partial charge in [-0.15, -0.1) is 0 Å². The average molecular weight is 238 g/mol. The number of rotatable bonds is 4. The van der Waals surface area contributed by atoms with Crippen LogP contribution in [-0.4, -0.2) is 11.5 Å². The highest BCUT2D eigenvalue weighted by Gasteiger charge is 2.24. The molecule has 0 bridgehead atoms. The van der Waals surface area contributed by atoms with Gasteiger partial charge in [-0.25, -0.2) is 0 Å². The monoisotopic (exact) mass is 238 g/mol. The molecule has 1 aromatic heterocycles. The number of nitrogens with one attached hydrogen (secondary N) is 1. The lowest BCUT2D eigenvalue weighted by atomic mass is 9.77. The first kappa shape index (κ1) is 11.4. The van der Waals surface area contributed by atoms with Crippen LogP contribution in [0.4, 0.5) is 0 Å². The largest absolute Gasteiger partial charge is 0.312 e. The van der Waals surface area contributed by atoms with Crippen molar-refractivity contribution < 1.29 is 0 Å². The van der Waals surface area contributed by atoms with Crippen molar-refractivity contribution in [2.45, 2.75) is 25.8 Å². The SMILES string of the molecule is Cc1cncc(CNCC2Cc3ccccc32)c1. The minimum absolute atomic E-state index is 0.693. The second kappa shape index (κ2) is 4.91. The Hall–Kier alpha value is -1.67. The van der Waals surface area contributed by atoms with E-state index in [-0.39, 0.29) is 0 Å². The average Bonchev–Trinajstić information content (AvgIpc) is 2.35. The second-order valence-corrected chi connectivity index (χ2v) is 5.10. The summed E-state index contributed by atoms with van der Waals surface area (Å²) in [4.78, 5) is 4.21. The molecule has 0 amide bonds. The third kappa shape index (κ3) is 2.29. The van der Waals surface area contributed by atoms with E-state index < -0.39 is 0 Å². The summed E-state index contributed by atoms with van der Waals surface area (Å²) in [5.41, 5.74) is 5.53. The smallest absolute Gasteiger partial charge is 0.0313 e. The third-order valence-electron chi connectivity index (χ3n) is 3.61. The summed E-state index contributed by atoms with van der Waals surface area (Å²) in [6.45, 7) is 4.05. The molecule has 1 unspecified atom stereocenters. The first-order valence-corrected chi connectivity index (χ1v) is 6.52. The van der Waals surface area contributed by atoms with Gasteiger partial charge in [0, 0.05) is 31.4 Å². The van der Waals surface area contributed by atoms with Gasteiger partial charge < -0.3 is 5.32 Å². The molecule has 1 heterocycles. The molecule has 0 fully saturated rings. The number of benzene rings is 1. The number of aryl methyl sites for hydroxylation is 1. The Bertz CT molecular complexity index is 548. The molecule has 2 aromatic rings. The third-order valence-corrected chi connectivity index (χ3v) is 3.61. The highest BCUT2D eigenvalue weighted by Crippen LogP contribution is 2.33. The number of hydrogen-bond acceptors (Lipinski definition) is 2. The standard InChI is InChI=1S/C16H18N2/c1-12-6-13(9-17-8-12)10-18-11-15-7-14-4-2-3-5-16(14)15/h2-6,8-9,15,18H,7,10-11H2,1H3. The molecule has 0 spiro atoms. The van der Waals surface area contributed by atoms with Gasteiger partial charge in [-0.3, -0.25) is 4.98 Å². The van der Waals surface area contributed by atoms with Crippen molar-refractivity contribution in [2.24, 2.45) is 0 Å². The zero-order valence-corrected chi connectivity index (χ0v) is 10.7. The minimum Gasteiger partial charge on any atom is -0.312 e. The van der Waals surface area contributed by atoms with Crippen molar-refractivity contribution in [1.82, 2.24) is 10.3 Å². The maximum absolute atomic E-state index is 4.21. The van der Waals surface area contributed by atoms with Crippen LogP contribution in [0.15, 0.2) is 42.7 Å². The number of pyridine rings is 1. The summed E-state index contributed by atoms with van der Waals surface area (Å²) in [5, 5.41) is 3.53. The van der Waals surface area contributed by atoms with E-state index >= 15 is 0 Å². The van der Waals surface area contributed by atoms with Crippen LogP contribution in [0.2, 0.25) is 0 Å². The molecule has 0 aliphatic heterocycles. The molecule has 0 radical (unpaired) electrons. The van der Waals surface area contributed by atoms with E-state index in [4.69, 9.17) is 0 Å². The maximum atomic E-state index is 4.21. The fourth-order valence-electron chi connectivity index (χ4n) is 2.65. The van der Waals surface area contributed by atoms with Crippen LogP contribution in [0.5, 0.6) is 0 Å². The van der Waals surface area contributed by atoms with Crippen molar-refractivity contribution in [1.29, 1.82) is 0 Å². The predicted octanol–water partition coefficient (Wildman–Crippen LogP) is 2.82. The fourth-order valence-corrected chi connectivity index (χ4v) is 2.65. The van der Waals surface area contributed by atoms with Crippen LogP contribution in [0, 0.1) is 6.92 Å². The summed E-state index contributed by atoms with van der Waals surface area (Å²) >= 11 is 0. The molecule has 2 nitrogen and oxygen atoms in total. The van der Waals surface area contributed by atoms with E-state index in [1.165, 1.54) is 28.7 Å². The highest BCUT2D eigenvalue weighted by atomic mass is 14.9. The molecular formula is C16H18N2. The zero-order chi connectivity index (χ0) is 12.4.